The van der Waals surface area contributed by atoms with Crippen molar-refractivity contribution in [3.63, 3.8) is 0 Å². The highest BCUT2D eigenvalue weighted by Crippen LogP contribution is 2.35. The number of likely N-dealkylation sites (tertiary alicyclic amines) is 1. The summed E-state index contributed by atoms with van der Waals surface area (Å²) < 4.78 is 21.5. The molecule has 0 aliphatic carbocycles. The maximum Gasteiger partial charge on any atom is 0.323 e. The van der Waals surface area contributed by atoms with Crippen molar-refractivity contribution >= 4 is 11.9 Å². The van der Waals surface area contributed by atoms with Crippen LogP contribution in [0.25, 0.3) is 0 Å². The lowest BCUT2D eigenvalue weighted by molar-refractivity contribution is -0.146. The minimum Gasteiger partial charge on any atom is -0.497 e. The normalized spacial score (nSPS) is 19.1. The second-order valence-corrected chi connectivity index (χ2v) is 10.6. The third-order valence-electron chi connectivity index (χ3n) is 7.51. The molecule has 2 heterocycles. The first-order chi connectivity index (χ1) is 17.7. The molecular formula is C29H38N2O6. The van der Waals surface area contributed by atoms with Gasteiger partial charge in [-0.15, -0.1) is 0 Å². The summed E-state index contributed by atoms with van der Waals surface area (Å²) in [4.78, 5) is 30.6. The molecule has 2 aliphatic rings. The predicted molar refractivity (Wildman–Crippen MR) is 139 cm³/mol. The molecule has 0 bridgehead atoms. The lowest BCUT2D eigenvalue weighted by atomic mass is 9.85. The maximum atomic E-state index is 13.7. The Labute approximate surface area is 219 Å². The summed E-state index contributed by atoms with van der Waals surface area (Å²) in [6, 6.07) is 13.0. The summed E-state index contributed by atoms with van der Waals surface area (Å²) in [6.45, 7) is 8.11. The first kappa shape index (κ1) is 26.8. The number of hydrogen-bond donors (Lipinski definition) is 0. The van der Waals surface area contributed by atoms with Gasteiger partial charge in [-0.25, -0.2) is 0 Å². The first-order valence-corrected chi connectivity index (χ1v) is 12.9. The van der Waals surface area contributed by atoms with Crippen molar-refractivity contribution in [2.24, 2.45) is 5.41 Å². The number of carbonyl (C=O) groups is 2. The highest BCUT2D eigenvalue weighted by molar-refractivity contribution is 5.79. The number of amides is 1. The summed E-state index contributed by atoms with van der Waals surface area (Å²) in [7, 11) is 3.05. The van der Waals surface area contributed by atoms with Crippen molar-refractivity contribution in [2.45, 2.75) is 65.2 Å². The van der Waals surface area contributed by atoms with Crippen LogP contribution in [-0.4, -0.2) is 61.3 Å². The van der Waals surface area contributed by atoms with E-state index in [-0.39, 0.29) is 30.1 Å². The minimum absolute atomic E-state index is 0.0909. The van der Waals surface area contributed by atoms with Gasteiger partial charge in [0.05, 0.1) is 14.2 Å². The monoisotopic (exact) mass is 510 g/mol. The fraction of sp³-hybridized carbons (Fsp3) is 0.517. The van der Waals surface area contributed by atoms with Crippen molar-refractivity contribution in [2.75, 3.05) is 27.6 Å². The van der Waals surface area contributed by atoms with Gasteiger partial charge in [-0.05, 0) is 47.2 Å². The van der Waals surface area contributed by atoms with Crippen LogP contribution in [0, 0.1) is 5.41 Å². The van der Waals surface area contributed by atoms with Gasteiger partial charge in [0.1, 0.15) is 11.8 Å². The fourth-order valence-corrected chi connectivity index (χ4v) is 4.96. The number of carbonyl (C=O) groups excluding carboxylic acids is 2. The highest BCUT2D eigenvalue weighted by Gasteiger charge is 2.42. The molecule has 2 aromatic rings. The summed E-state index contributed by atoms with van der Waals surface area (Å²) in [6.07, 6.45) is 1.85. The largest absolute Gasteiger partial charge is 0.497 e. The molecule has 4 rings (SSSR count). The average molecular weight is 511 g/mol. The molecule has 0 radical (unpaired) electrons. The van der Waals surface area contributed by atoms with E-state index >= 15 is 0 Å². The molecule has 1 amide bonds. The molecule has 1 saturated heterocycles. The number of methoxy groups -OCH3 is 2. The van der Waals surface area contributed by atoms with E-state index < -0.39 is 6.04 Å². The molecular weight excluding hydrogens is 472 g/mol. The van der Waals surface area contributed by atoms with Crippen molar-refractivity contribution < 1.29 is 28.5 Å². The quantitative estimate of drug-likeness (QED) is 0.439. The highest BCUT2D eigenvalue weighted by atomic mass is 16.7. The topological polar surface area (TPSA) is 77.5 Å². The Hall–Kier alpha value is -3.26. The van der Waals surface area contributed by atoms with Gasteiger partial charge in [0.25, 0.3) is 0 Å². The maximum absolute atomic E-state index is 13.7. The predicted octanol–water partition coefficient (Wildman–Crippen LogP) is 4.39. The Morgan fingerprint density at radius 1 is 1.08 bits per heavy atom. The zero-order valence-corrected chi connectivity index (χ0v) is 22.5. The lowest BCUT2D eigenvalue weighted by Gasteiger charge is -2.33. The van der Waals surface area contributed by atoms with Gasteiger partial charge in [-0.2, -0.15) is 0 Å². The number of benzene rings is 2. The molecule has 37 heavy (non-hydrogen) atoms. The molecule has 2 atom stereocenters. The number of nitrogens with zero attached hydrogens (tertiary/aromatic N) is 2. The van der Waals surface area contributed by atoms with Gasteiger partial charge in [0.2, 0.25) is 12.7 Å². The van der Waals surface area contributed by atoms with Crippen LogP contribution in [0.2, 0.25) is 0 Å². The Morgan fingerprint density at radius 3 is 2.59 bits per heavy atom. The zero-order chi connectivity index (χ0) is 26.6. The SMILES string of the molecule is CCC(C)(C)CC(=O)N(Cc1cccc(OC)c1)[C@@H]1C[C@@H](C(=O)OC)N(Cc2ccc3c(c2)OCO3)C1. The van der Waals surface area contributed by atoms with Gasteiger partial charge in [0, 0.05) is 32.1 Å². The molecule has 200 valence electrons. The second kappa shape index (κ2) is 11.4. The first-order valence-electron chi connectivity index (χ1n) is 12.9. The number of rotatable bonds is 10. The number of hydrogen-bond acceptors (Lipinski definition) is 7. The lowest BCUT2D eigenvalue weighted by Crippen LogP contribution is -2.43. The van der Waals surface area contributed by atoms with Gasteiger partial charge in [-0.3, -0.25) is 14.5 Å². The van der Waals surface area contributed by atoms with Crippen LogP contribution in [0.3, 0.4) is 0 Å². The number of ether oxygens (including phenoxy) is 4. The molecule has 0 unspecified atom stereocenters. The molecule has 8 nitrogen and oxygen atoms in total. The van der Waals surface area contributed by atoms with E-state index in [1.54, 1.807) is 7.11 Å². The van der Waals surface area contributed by atoms with Crippen LogP contribution in [0.15, 0.2) is 42.5 Å². The summed E-state index contributed by atoms with van der Waals surface area (Å²) >= 11 is 0. The van der Waals surface area contributed by atoms with Gasteiger partial charge in [0.15, 0.2) is 11.5 Å². The molecule has 0 spiro atoms. The average Bonchev–Trinajstić information content (AvgIpc) is 3.53. The molecule has 8 heteroatoms. The molecule has 0 aromatic heterocycles. The summed E-state index contributed by atoms with van der Waals surface area (Å²) in [5, 5.41) is 0. The van der Waals surface area contributed by atoms with Crippen molar-refractivity contribution in [3.8, 4) is 17.2 Å². The van der Waals surface area contributed by atoms with Crippen LogP contribution < -0.4 is 14.2 Å². The zero-order valence-electron chi connectivity index (χ0n) is 22.5. The van der Waals surface area contributed by atoms with Gasteiger partial charge < -0.3 is 23.8 Å². The minimum atomic E-state index is -0.444. The molecule has 2 aliphatic heterocycles. The van der Waals surface area contributed by atoms with Crippen LogP contribution in [-0.2, 0) is 27.4 Å². The van der Waals surface area contributed by atoms with Crippen LogP contribution in [0.4, 0.5) is 0 Å². The molecule has 1 fully saturated rings. The molecule has 2 aromatic carbocycles. The van der Waals surface area contributed by atoms with Gasteiger partial charge >= 0.3 is 5.97 Å². The van der Waals surface area contributed by atoms with E-state index in [1.807, 2.05) is 47.4 Å². The van der Waals surface area contributed by atoms with E-state index in [4.69, 9.17) is 18.9 Å². The van der Waals surface area contributed by atoms with E-state index in [9.17, 15) is 9.59 Å². The van der Waals surface area contributed by atoms with Crippen molar-refractivity contribution in [3.05, 3.63) is 53.6 Å². The second-order valence-electron chi connectivity index (χ2n) is 10.6. The number of esters is 1. The van der Waals surface area contributed by atoms with Crippen LogP contribution in [0.1, 0.15) is 51.2 Å². The number of fused-ring (bicyclic) bond motifs is 1. The standard InChI is InChI=1S/C29H38N2O6/c1-6-29(2,3)15-27(32)31(17-20-8-7-9-23(12-20)34-4)22-14-24(28(33)35-5)30(18-22)16-21-10-11-25-26(13-21)37-19-36-25/h7-13,22,24H,6,14-19H2,1-5H3/t22-,24+/m1/s1. The van der Waals surface area contributed by atoms with E-state index in [0.29, 0.717) is 38.2 Å². The van der Waals surface area contributed by atoms with E-state index in [2.05, 4.69) is 25.7 Å². The Balaban J connectivity index is 1.59. The Morgan fingerprint density at radius 2 is 1.86 bits per heavy atom. The van der Waals surface area contributed by atoms with Crippen molar-refractivity contribution in [1.82, 2.24) is 9.80 Å². The Kier molecular flexibility index (Phi) is 8.27. The van der Waals surface area contributed by atoms with E-state index in [1.165, 1.54) is 7.11 Å². The van der Waals surface area contributed by atoms with Crippen molar-refractivity contribution in [1.29, 1.82) is 0 Å². The van der Waals surface area contributed by atoms with E-state index in [0.717, 1.165) is 29.0 Å². The van der Waals surface area contributed by atoms with Gasteiger partial charge in [-0.1, -0.05) is 45.4 Å². The molecule has 0 N–H and O–H groups in total. The fourth-order valence-electron chi connectivity index (χ4n) is 4.96. The smallest absolute Gasteiger partial charge is 0.323 e. The summed E-state index contributed by atoms with van der Waals surface area (Å²) in [5.41, 5.74) is 1.89. The summed E-state index contributed by atoms with van der Waals surface area (Å²) in [5.74, 6) is 1.99. The third kappa shape index (κ3) is 6.36. The van der Waals surface area contributed by atoms with Crippen LogP contribution >= 0.6 is 0 Å². The van der Waals surface area contributed by atoms with Crippen LogP contribution in [0.5, 0.6) is 17.2 Å². The third-order valence-corrected chi connectivity index (χ3v) is 7.51. The Bertz CT molecular complexity index is 1120. The molecule has 0 saturated carbocycles.